The lowest BCUT2D eigenvalue weighted by atomic mass is 9.93. The van der Waals surface area contributed by atoms with Gasteiger partial charge in [-0.25, -0.2) is 9.79 Å². The van der Waals surface area contributed by atoms with Crippen molar-refractivity contribution in [1.29, 1.82) is 0 Å². The van der Waals surface area contributed by atoms with E-state index in [0.717, 1.165) is 10.9 Å². The highest BCUT2D eigenvalue weighted by atomic mass is 79.9. The number of methoxy groups -OCH3 is 1. The van der Waals surface area contributed by atoms with Gasteiger partial charge >= 0.3 is 5.97 Å². The van der Waals surface area contributed by atoms with Gasteiger partial charge in [-0.2, -0.15) is 0 Å². The van der Waals surface area contributed by atoms with Crippen LogP contribution in [-0.2, 0) is 9.53 Å². The number of nitro groups is 1. The van der Waals surface area contributed by atoms with Crippen molar-refractivity contribution in [2.45, 2.75) is 39.7 Å². The number of ether oxygens (including phenoxy) is 2. The molecule has 0 N–H and O–H groups in total. The Morgan fingerprint density at radius 1 is 1.21 bits per heavy atom. The largest absolute Gasteiger partial charge is 0.496 e. The summed E-state index contributed by atoms with van der Waals surface area (Å²) in [5.41, 5.74) is 2.52. The second-order valence-corrected chi connectivity index (χ2v) is 11.7. The van der Waals surface area contributed by atoms with Crippen molar-refractivity contribution in [2.24, 2.45) is 4.99 Å². The van der Waals surface area contributed by atoms with Crippen LogP contribution in [0.1, 0.15) is 49.6 Å². The molecule has 0 spiro atoms. The maximum atomic E-state index is 14.1. The maximum Gasteiger partial charge on any atom is 0.338 e. The number of nitro benzene ring substituents is 1. The highest BCUT2D eigenvalue weighted by Gasteiger charge is 2.36. The third-order valence-electron chi connectivity index (χ3n) is 6.96. The van der Waals surface area contributed by atoms with Gasteiger partial charge in [0.15, 0.2) is 4.80 Å². The van der Waals surface area contributed by atoms with E-state index in [2.05, 4.69) is 15.9 Å². The van der Waals surface area contributed by atoms with Crippen LogP contribution >= 0.6 is 27.3 Å². The summed E-state index contributed by atoms with van der Waals surface area (Å²) in [7, 11) is 1.54. The van der Waals surface area contributed by atoms with E-state index < -0.39 is 16.9 Å². The first kappa shape index (κ1) is 30.2. The molecule has 10 nitrogen and oxygen atoms in total. The number of fused-ring (bicyclic) bond motifs is 1. The lowest BCUT2D eigenvalue weighted by Gasteiger charge is -2.27. The average Bonchev–Trinajstić information content (AvgIpc) is 3.56. The van der Waals surface area contributed by atoms with Crippen LogP contribution in [0.5, 0.6) is 5.75 Å². The minimum Gasteiger partial charge on any atom is -0.496 e. The van der Waals surface area contributed by atoms with E-state index in [1.54, 1.807) is 44.2 Å². The molecular weight excluding hydrogens is 638 g/mol. The third kappa shape index (κ3) is 5.84. The topological polar surface area (TPSA) is 126 Å². The first-order valence-electron chi connectivity index (χ1n) is 13.6. The van der Waals surface area contributed by atoms with Gasteiger partial charge in [0.2, 0.25) is 0 Å². The van der Waals surface area contributed by atoms with Gasteiger partial charge in [0.1, 0.15) is 23.3 Å². The molecule has 2 aromatic carbocycles. The van der Waals surface area contributed by atoms with Gasteiger partial charge in [0, 0.05) is 33.8 Å². The molecular formula is C31H28BrN3O7S. The molecule has 0 amide bonds. The highest BCUT2D eigenvalue weighted by Crippen LogP contribution is 2.38. The van der Waals surface area contributed by atoms with Gasteiger partial charge in [-0.15, -0.1) is 0 Å². The van der Waals surface area contributed by atoms with Crippen molar-refractivity contribution in [3.05, 3.63) is 111 Å². The number of hydrogen-bond acceptors (Lipinski definition) is 9. The predicted octanol–water partition coefficient (Wildman–Crippen LogP) is 5.83. The molecule has 3 heterocycles. The van der Waals surface area contributed by atoms with E-state index in [9.17, 15) is 19.7 Å². The standard InChI is InChI=1S/C31H28BrN3O7S/c1-5-7-23-27(30(37)41-6-2)28(22-15-18(32)8-12-24(22)40-4)34-29(36)26(43-31(34)33-23)16-20-10-13-25(42-20)21-11-9-19(35(38)39)14-17(21)3/h8-16,28H,5-7H2,1-4H3/b26-16+/t28-/m1/s1. The molecule has 1 aliphatic heterocycles. The molecule has 43 heavy (non-hydrogen) atoms. The van der Waals surface area contributed by atoms with Crippen LogP contribution < -0.4 is 19.6 Å². The Morgan fingerprint density at radius 3 is 2.67 bits per heavy atom. The van der Waals surface area contributed by atoms with E-state index in [0.29, 0.717) is 61.0 Å². The Balaban J connectivity index is 1.68. The quantitative estimate of drug-likeness (QED) is 0.125. The molecule has 1 aliphatic rings. The second-order valence-electron chi connectivity index (χ2n) is 9.76. The van der Waals surface area contributed by atoms with Crippen molar-refractivity contribution in [2.75, 3.05) is 13.7 Å². The number of halogens is 1. The number of aryl methyl sites for hydroxylation is 1. The van der Waals surface area contributed by atoms with Crippen LogP contribution in [0.25, 0.3) is 17.4 Å². The van der Waals surface area contributed by atoms with E-state index in [1.165, 1.54) is 35.1 Å². The molecule has 0 unspecified atom stereocenters. The Kier molecular flexibility index (Phi) is 8.79. The van der Waals surface area contributed by atoms with Crippen molar-refractivity contribution in [3.63, 3.8) is 0 Å². The monoisotopic (exact) mass is 665 g/mol. The number of furan rings is 1. The van der Waals surface area contributed by atoms with Crippen LogP contribution in [0.2, 0.25) is 0 Å². The summed E-state index contributed by atoms with van der Waals surface area (Å²) >= 11 is 4.72. The third-order valence-corrected chi connectivity index (χ3v) is 8.44. The number of esters is 1. The van der Waals surface area contributed by atoms with Crippen LogP contribution in [-0.4, -0.2) is 29.2 Å². The molecule has 0 bridgehead atoms. The first-order valence-corrected chi connectivity index (χ1v) is 15.2. The molecule has 1 atom stereocenters. The summed E-state index contributed by atoms with van der Waals surface area (Å²) in [4.78, 5) is 43.4. The van der Waals surface area contributed by atoms with Crippen molar-refractivity contribution >= 4 is 45.0 Å². The maximum absolute atomic E-state index is 14.1. The molecule has 0 fully saturated rings. The fourth-order valence-corrected chi connectivity index (χ4v) is 6.46. The van der Waals surface area contributed by atoms with Crippen LogP contribution in [0.4, 0.5) is 5.69 Å². The predicted molar refractivity (Wildman–Crippen MR) is 166 cm³/mol. The highest BCUT2D eigenvalue weighted by molar-refractivity contribution is 9.10. The number of non-ortho nitro benzene ring substituents is 1. The number of aromatic nitrogens is 1. The summed E-state index contributed by atoms with van der Waals surface area (Å²) in [5, 5.41) is 11.1. The Labute approximate surface area is 258 Å². The lowest BCUT2D eigenvalue weighted by molar-refractivity contribution is -0.384. The zero-order valence-electron chi connectivity index (χ0n) is 23.9. The molecule has 0 aliphatic carbocycles. The van der Waals surface area contributed by atoms with Gasteiger partial charge in [-0.3, -0.25) is 19.5 Å². The Hall–Kier alpha value is -4.29. The molecule has 4 aromatic rings. The smallest absolute Gasteiger partial charge is 0.338 e. The number of thiazole rings is 1. The van der Waals surface area contributed by atoms with Crippen LogP contribution in [0, 0.1) is 17.0 Å². The SMILES string of the molecule is CCCC1=C(C(=O)OCC)[C@@H](c2cc(Br)ccc2OC)n2c(s/c(=C/c3ccc(-c4ccc([N+](=O)[O-])cc4C)o3)c2=O)=N1. The second kappa shape index (κ2) is 12.5. The van der Waals surface area contributed by atoms with Gasteiger partial charge in [0.05, 0.1) is 34.4 Å². The van der Waals surface area contributed by atoms with Crippen LogP contribution in [0.3, 0.4) is 0 Å². The average molecular weight is 667 g/mol. The number of nitrogens with zero attached hydrogens (tertiary/aromatic N) is 3. The summed E-state index contributed by atoms with van der Waals surface area (Å²) in [5.74, 6) is 0.910. The molecule has 0 saturated carbocycles. The van der Waals surface area contributed by atoms with Gasteiger partial charge in [-0.1, -0.05) is 40.6 Å². The molecule has 0 radical (unpaired) electrons. The number of carbonyl (C=O) groups excluding carboxylic acids is 1. The van der Waals surface area contributed by atoms with Crippen molar-refractivity contribution in [1.82, 2.24) is 4.57 Å². The number of allylic oxidation sites excluding steroid dienone is 1. The van der Waals surface area contributed by atoms with E-state index in [-0.39, 0.29) is 17.9 Å². The summed E-state index contributed by atoms with van der Waals surface area (Å²) in [6.45, 7) is 5.67. The Bertz CT molecular complexity index is 1950. The zero-order valence-corrected chi connectivity index (χ0v) is 26.3. The normalized spacial score (nSPS) is 14.8. The molecule has 2 aromatic heterocycles. The fourth-order valence-electron chi connectivity index (χ4n) is 5.08. The Morgan fingerprint density at radius 2 is 2.00 bits per heavy atom. The summed E-state index contributed by atoms with van der Waals surface area (Å²) in [6, 6.07) is 12.6. The number of hydrogen-bond donors (Lipinski definition) is 0. The number of rotatable bonds is 9. The van der Waals surface area contributed by atoms with E-state index in [4.69, 9.17) is 18.9 Å². The molecule has 12 heteroatoms. The first-order chi connectivity index (χ1) is 20.7. The van der Waals surface area contributed by atoms with Gasteiger partial charge in [0.25, 0.3) is 11.2 Å². The fraction of sp³-hybridized carbons (Fsp3) is 0.258. The number of benzene rings is 2. The lowest BCUT2D eigenvalue weighted by Crippen LogP contribution is -2.40. The van der Waals surface area contributed by atoms with Crippen molar-refractivity contribution in [3.8, 4) is 17.1 Å². The molecule has 222 valence electrons. The van der Waals surface area contributed by atoms with Gasteiger partial charge < -0.3 is 13.9 Å². The number of carbonyl (C=O) groups is 1. The summed E-state index contributed by atoms with van der Waals surface area (Å²) in [6.07, 6.45) is 2.88. The van der Waals surface area contributed by atoms with E-state index >= 15 is 0 Å². The molecule has 5 rings (SSSR count). The zero-order chi connectivity index (χ0) is 30.8. The minimum atomic E-state index is -0.832. The summed E-state index contributed by atoms with van der Waals surface area (Å²) < 4.78 is 19.8. The van der Waals surface area contributed by atoms with Crippen molar-refractivity contribution < 1.29 is 23.6 Å². The van der Waals surface area contributed by atoms with E-state index in [1.807, 2.05) is 19.1 Å². The van der Waals surface area contributed by atoms with Crippen LogP contribution in [0.15, 0.2) is 78.5 Å². The minimum absolute atomic E-state index is 0.00426. The molecule has 0 saturated heterocycles. The van der Waals surface area contributed by atoms with Gasteiger partial charge in [-0.05, 0) is 62.2 Å².